The third-order valence-electron chi connectivity index (χ3n) is 3.91. The van der Waals surface area contributed by atoms with Crippen molar-refractivity contribution in [2.45, 2.75) is 51.5 Å². The molecule has 1 aliphatic carbocycles. The van der Waals surface area contributed by atoms with E-state index in [4.69, 9.17) is 4.74 Å². The maximum atomic E-state index is 5.90. The lowest BCUT2D eigenvalue weighted by Crippen LogP contribution is -2.32. The van der Waals surface area contributed by atoms with Crippen LogP contribution in [0.25, 0.3) is 6.08 Å². The van der Waals surface area contributed by atoms with Gasteiger partial charge in [0.05, 0.1) is 0 Å². The Morgan fingerprint density at radius 3 is 2.65 bits per heavy atom. The number of hydrogen-bond donors (Lipinski definition) is 1. The third-order valence-corrected chi connectivity index (χ3v) is 3.91. The number of benzene rings is 1. The summed E-state index contributed by atoms with van der Waals surface area (Å²) < 4.78 is 5.90. The molecule has 2 rings (SSSR count). The van der Waals surface area contributed by atoms with Crippen molar-refractivity contribution in [1.29, 1.82) is 0 Å². The highest BCUT2D eigenvalue weighted by Crippen LogP contribution is 2.19. The molecule has 0 amide bonds. The maximum Gasteiger partial charge on any atom is 0.126 e. The topological polar surface area (TPSA) is 21.3 Å². The Hall–Kier alpha value is -1.28. The molecule has 0 aliphatic heterocycles. The molecule has 1 aliphatic rings. The molecule has 1 saturated carbocycles. The predicted octanol–water partition coefficient (Wildman–Crippen LogP) is 4.41. The van der Waals surface area contributed by atoms with Crippen molar-refractivity contribution in [2.24, 2.45) is 0 Å². The second-order valence-corrected chi connectivity index (χ2v) is 5.53. The minimum atomic E-state index is 0.701. The summed E-state index contributed by atoms with van der Waals surface area (Å²) in [6, 6.07) is 8.91. The molecule has 2 nitrogen and oxygen atoms in total. The smallest absolute Gasteiger partial charge is 0.126 e. The summed E-state index contributed by atoms with van der Waals surface area (Å²) in [7, 11) is 0. The van der Waals surface area contributed by atoms with Crippen LogP contribution in [-0.2, 0) is 0 Å². The van der Waals surface area contributed by atoms with Crippen LogP contribution in [0.1, 0.15) is 51.0 Å². The average Bonchev–Trinajstić information content (AvgIpc) is 2.74. The van der Waals surface area contributed by atoms with Crippen molar-refractivity contribution in [2.75, 3.05) is 13.2 Å². The normalized spacial score (nSPS) is 17.2. The summed E-state index contributed by atoms with van der Waals surface area (Å²) in [6.07, 6.45) is 12.4. The molecule has 1 fully saturated rings. The molecule has 20 heavy (non-hydrogen) atoms. The van der Waals surface area contributed by atoms with Crippen molar-refractivity contribution < 1.29 is 4.74 Å². The maximum absolute atomic E-state index is 5.90. The molecule has 0 heterocycles. The monoisotopic (exact) mass is 273 g/mol. The van der Waals surface area contributed by atoms with Gasteiger partial charge in [-0.25, -0.2) is 0 Å². The van der Waals surface area contributed by atoms with Crippen LogP contribution < -0.4 is 10.1 Å². The van der Waals surface area contributed by atoms with Crippen LogP contribution in [0.5, 0.6) is 5.75 Å². The van der Waals surface area contributed by atoms with E-state index in [2.05, 4.69) is 17.5 Å². The van der Waals surface area contributed by atoms with Gasteiger partial charge in [-0.1, -0.05) is 56.0 Å². The number of para-hydroxylation sites is 1. The minimum Gasteiger partial charge on any atom is -0.492 e. The van der Waals surface area contributed by atoms with Gasteiger partial charge in [0.2, 0.25) is 0 Å². The summed E-state index contributed by atoms with van der Waals surface area (Å²) >= 11 is 0. The average molecular weight is 273 g/mol. The van der Waals surface area contributed by atoms with Crippen LogP contribution in [0.2, 0.25) is 0 Å². The van der Waals surface area contributed by atoms with Gasteiger partial charge < -0.3 is 10.1 Å². The van der Waals surface area contributed by atoms with E-state index in [1.165, 1.54) is 38.5 Å². The van der Waals surface area contributed by atoms with Crippen LogP contribution in [0, 0.1) is 0 Å². The fraction of sp³-hybridized carbons (Fsp3) is 0.556. The summed E-state index contributed by atoms with van der Waals surface area (Å²) in [5, 5.41) is 3.64. The Morgan fingerprint density at radius 1 is 1.15 bits per heavy atom. The van der Waals surface area contributed by atoms with Crippen molar-refractivity contribution >= 4 is 6.08 Å². The van der Waals surface area contributed by atoms with E-state index in [0.717, 1.165) is 24.5 Å². The Kier molecular flexibility index (Phi) is 6.65. The van der Waals surface area contributed by atoms with Crippen LogP contribution in [0.15, 0.2) is 30.3 Å². The van der Waals surface area contributed by atoms with Gasteiger partial charge in [-0.3, -0.25) is 0 Å². The van der Waals surface area contributed by atoms with Gasteiger partial charge in [0, 0.05) is 18.2 Å². The molecular weight excluding hydrogens is 246 g/mol. The first-order valence-electron chi connectivity index (χ1n) is 7.98. The zero-order valence-corrected chi connectivity index (χ0v) is 12.6. The molecule has 0 aromatic heterocycles. The van der Waals surface area contributed by atoms with Crippen molar-refractivity contribution in [1.82, 2.24) is 5.32 Å². The third kappa shape index (κ3) is 5.01. The highest BCUT2D eigenvalue weighted by Gasteiger charge is 2.10. The van der Waals surface area contributed by atoms with Crippen LogP contribution >= 0.6 is 0 Å². The number of rotatable bonds is 6. The second-order valence-electron chi connectivity index (χ2n) is 5.53. The van der Waals surface area contributed by atoms with E-state index in [1.54, 1.807) is 0 Å². The first-order valence-corrected chi connectivity index (χ1v) is 7.98. The lowest BCUT2D eigenvalue weighted by Gasteiger charge is -2.16. The van der Waals surface area contributed by atoms with Crippen molar-refractivity contribution in [3.63, 3.8) is 0 Å². The highest BCUT2D eigenvalue weighted by atomic mass is 16.5. The SMILES string of the molecule is CC=Cc1ccccc1OCCNC1CCCCCC1. The Balaban J connectivity index is 1.72. The summed E-state index contributed by atoms with van der Waals surface area (Å²) in [5.41, 5.74) is 1.16. The van der Waals surface area contributed by atoms with E-state index in [-0.39, 0.29) is 0 Å². The van der Waals surface area contributed by atoms with Gasteiger partial charge in [-0.05, 0) is 25.8 Å². The van der Waals surface area contributed by atoms with E-state index >= 15 is 0 Å². The molecule has 0 radical (unpaired) electrons. The number of allylic oxidation sites excluding steroid dienone is 1. The van der Waals surface area contributed by atoms with Gasteiger partial charge in [-0.2, -0.15) is 0 Å². The van der Waals surface area contributed by atoms with Gasteiger partial charge in [0.1, 0.15) is 12.4 Å². The van der Waals surface area contributed by atoms with Crippen LogP contribution in [0.4, 0.5) is 0 Å². The highest BCUT2D eigenvalue weighted by molar-refractivity contribution is 5.56. The molecule has 110 valence electrons. The van der Waals surface area contributed by atoms with Crippen molar-refractivity contribution in [3.05, 3.63) is 35.9 Å². The van der Waals surface area contributed by atoms with Crippen LogP contribution in [0.3, 0.4) is 0 Å². The second kappa shape index (κ2) is 8.80. The Bertz CT molecular complexity index is 406. The van der Waals surface area contributed by atoms with Crippen LogP contribution in [-0.4, -0.2) is 19.2 Å². The first kappa shape index (κ1) is 15.1. The molecule has 2 heteroatoms. The minimum absolute atomic E-state index is 0.701. The molecule has 1 aromatic carbocycles. The van der Waals surface area contributed by atoms with Gasteiger partial charge in [0.15, 0.2) is 0 Å². The molecule has 0 unspecified atom stereocenters. The fourth-order valence-corrected chi connectivity index (χ4v) is 2.84. The molecule has 0 saturated heterocycles. The molecule has 1 aromatic rings. The molecular formula is C18H27NO. The molecule has 0 bridgehead atoms. The zero-order chi connectivity index (χ0) is 14.0. The first-order chi connectivity index (χ1) is 9.90. The summed E-state index contributed by atoms with van der Waals surface area (Å²) in [4.78, 5) is 0. The number of hydrogen-bond acceptors (Lipinski definition) is 2. The van der Waals surface area contributed by atoms with Gasteiger partial charge >= 0.3 is 0 Å². The van der Waals surface area contributed by atoms with Gasteiger partial charge in [0.25, 0.3) is 0 Å². The summed E-state index contributed by atoms with van der Waals surface area (Å²) in [6.45, 7) is 3.71. The van der Waals surface area contributed by atoms with Crippen molar-refractivity contribution in [3.8, 4) is 5.75 Å². The lowest BCUT2D eigenvalue weighted by molar-refractivity contribution is 0.300. The predicted molar refractivity (Wildman–Crippen MR) is 86.1 cm³/mol. The van der Waals surface area contributed by atoms with Gasteiger partial charge in [-0.15, -0.1) is 0 Å². The Morgan fingerprint density at radius 2 is 1.90 bits per heavy atom. The van der Waals surface area contributed by atoms with E-state index in [0.29, 0.717) is 6.04 Å². The van der Waals surface area contributed by atoms with E-state index < -0.39 is 0 Å². The van der Waals surface area contributed by atoms with E-state index in [9.17, 15) is 0 Å². The molecule has 1 N–H and O–H groups in total. The fourth-order valence-electron chi connectivity index (χ4n) is 2.84. The Labute approximate surface area is 123 Å². The number of nitrogens with one attached hydrogen (secondary N) is 1. The molecule has 0 atom stereocenters. The zero-order valence-electron chi connectivity index (χ0n) is 12.6. The molecule has 0 spiro atoms. The quantitative estimate of drug-likeness (QED) is 0.612. The van der Waals surface area contributed by atoms with E-state index in [1.807, 2.05) is 31.2 Å². The lowest BCUT2D eigenvalue weighted by atomic mass is 10.1. The largest absolute Gasteiger partial charge is 0.492 e. The summed E-state index contributed by atoms with van der Waals surface area (Å²) in [5.74, 6) is 0.980. The standard InChI is InChI=1S/C18H27NO/c1-2-9-16-10-7-8-13-18(16)20-15-14-19-17-11-5-3-4-6-12-17/h2,7-10,13,17,19H,3-6,11-12,14-15H2,1H3. The number of ether oxygens (including phenoxy) is 1.